The highest BCUT2D eigenvalue weighted by Gasteiger charge is 2.07. The van der Waals surface area contributed by atoms with E-state index in [1.54, 1.807) is 12.3 Å². The number of aliphatic carboxylic acids is 1. The van der Waals surface area contributed by atoms with Gasteiger partial charge in [-0.15, -0.1) is 0 Å². The minimum absolute atomic E-state index is 0.0582. The summed E-state index contributed by atoms with van der Waals surface area (Å²) < 4.78 is 0. The van der Waals surface area contributed by atoms with Crippen LogP contribution in [0.3, 0.4) is 0 Å². The van der Waals surface area contributed by atoms with E-state index in [9.17, 15) is 9.59 Å². The second-order valence-electron chi connectivity index (χ2n) is 3.66. The summed E-state index contributed by atoms with van der Waals surface area (Å²) in [5.74, 6) is -1.11. The third-order valence-corrected chi connectivity index (χ3v) is 2.32. The van der Waals surface area contributed by atoms with Crippen molar-refractivity contribution in [2.45, 2.75) is 26.2 Å². The molecule has 92 valence electrons. The Kier molecular flexibility index (Phi) is 5.13. The van der Waals surface area contributed by atoms with Crippen molar-refractivity contribution in [3.05, 3.63) is 29.6 Å². The van der Waals surface area contributed by atoms with Crippen LogP contribution in [0.1, 0.15) is 35.8 Å². The number of carbonyl (C=O) groups is 2. The summed E-state index contributed by atoms with van der Waals surface area (Å²) in [5.41, 5.74) is 1.43. The first-order chi connectivity index (χ1) is 8.13. The maximum Gasteiger partial charge on any atom is 0.303 e. The molecule has 0 aromatic carbocycles. The van der Waals surface area contributed by atoms with Gasteiger partial charge in [-0.1, -0.05) is 6.92 Å². The van der Waals surface area contributed by atoms with Crippen LogP contribution in [0.25, 0.3) is 0 Å². The van der Waals surface area contributed by atoms with Gasteiger partial charge in [-0.25, -0.2) is 0 Å². The first-order valence-electron chi connectivity index (χ1n) is 5.58. The maximum atomic E-state index is 11.6. The molecule has 1 aromatic heterocycles. The smallest absolute Gasteiger partial charge is 0.303 e. The highest BCUT2D eigenvalue weighted by Crippen LogP contribution is 2.02. The van der Waals surface area contributed by atoms with Crippen molar-refractivity contribution < 1.29 is 14.7 Å². The van der Waals surface area contributed by atoms with Crippen LogP contribution < -0.4 is 5.32 Å². The lowest BCUT2D eigenvalue weighted by Crippen LogP contribution is -2.25. The normalized spacial score (nSPS) is 9.94. The van der Waals surface area contributed by atoms with Crippen molar-refractivity contribution in [2.24, 2.45) is 0 Å². The number of nitrogens with one attached hydrogen (secondary N) is 1. The minimum Gasteiger partial charge on any atom is -0.481 e. The average molecular weight is 236 g/mol. The van der Waals surface area contributed by atoms with E-state index in [0.717, 1.165) is 12.0 Å². The summed E-state index contributed by atoms with van der Waals surface area (Å²) in [7, 11) is 0. The summed E-state index contributed by atoms with van der Waals surface area (Å²) in [5, 5.41) is 11.1. The Morgan fingerprint density at radius 3 is 2.88 bits per heavy atom. The molecule has 5 heteroatoms. The molecule has 0 saturated carbocycles. The second-order valence-corrected chi connectivity index (χ2v) is 3.66. The van der Waals surface area contributed by atoms with Crippen molar-refractivity contribution in [1.82, 2.24) is 10.3 Å². The second kappa shape index (κ2) is 6.62. The van der Waals surface area contributed by atoms with E-state index in [2.05, 4.69) is 10.3 Å². The number of nitrogens with zero attached hydrogens (tertiary/aromatic N) is 1. The number of carbonyl (C=O) groups excluding carboxylic acids is 1. The molecule has 1 rings (SSSR count). The largest absolute Gasteiger partial charge is 0.481 e. The number of hydrogen-bond acceptors (Lipinski definition) is 3. The Morgan fingerprint density at radius 1 is 1.47 bits per heavy atom. The number of aryl methyl sites for hydroxylation is 1. The first kappa shape index (κ1) is 13.2. The SMILES string of the molecule is CCc1ccnc(C(=O)NCCCC(=O)O)c1. The number of carboxylic acid groups (broad SMARTS) is 1. The van der Waals surface area contributed by atoms with Gasteiger partial charge in [0.15, 0.2) is 0 Å². The third kappa shape index (κ3) is 4.63. The Bertz CT molecular complexity index is 404. The topological polar surface area (TPSA) is 79.3 Å². The zero-order chi connectivity index (χ0) is 12.7. The van der Waals surface area contributed by atoms with Gasteiger partial charge in [-0.2, -0.15) is 0 Å². The summed E-state index contributed by atoms with van der Waals surface area (Å²) in [6.45, 7) is 2.35. The van der Waals surface area contributed by atoms with E-state index >= 15 is 0 Å². The average Bonchev–Trinajstić information content (AvgIpc) is 2.34. The molecule has 5 nitrogen and oxygen atoms in total. The van der Waals surface area contributed by atoms with Crippen molar-refractivity contribution in [1.29, 1.82) is 0 Å². The predicted octanol–water partition coefficient (Wildman–Crippen LogP) is 1.24. The van der Waals surface area contributed by atoms with E-state index in [1.807, 2.05) is 13.0 Å². The van der Waals surface area contributed by atoms with Crippen LogP contribution in [-0.4, -0.2) is 28.5 Å². The summed E-state index contributed by atoms with van der Waals surface area (Å²) in [6, 6.07) is 3.60. The maximum absolute atomic E-state index is 11.6. The molecule has 0 unspecified atom stereocenters. The van der Waals surface area contributed by atoms with Gasteiger partial charge < -0.3 is 10.4 Å². The van der Waals surface area contributed by atoms with Crippen LogP contribution in [0.4, 0.5) is 0 Å². The lowest BCUT2D eigenvalue weighted by Gasteiger charge is -2.04. The van der Waals surface area contributed by atoms with Gasteiger partial charge in [0.05, 0.1) is 0 Å². The standard InChI is InChI=1S/C12H16N2O3/c1-2-9-5-7-13-10(8-9)12(17)14-6-3-4-11(15)16/h5,7-8H,2-4,6H2,1H3,(H,14,17)(H,15,16). The molecule has 0 atom stereocenters. The third-order valence-electron chi connectivity index (χ3n) is 2.32. The highest BCUT2D eigenvalue weighted by atomic mass is 16.4. The van der Waals surface area contributed by atoms with Gasteiger partial charge in [0.2, 0.25) is 0 Å². The molecule has 0 saturated heterocycles. The Labute approximate surface area is 99.9 Å². The quantitative estimate of drug-likeness (QED) is 0.728. The number of amides is 1. The van der Waals surface area contributed by atoms with Crippen molar-refractivity contribution in [2.75, 3.05) is 6.54 Å². The fourth-order valence-electron chi connectivity index (χ4n) is 1.35. The zero-order valence-electron chi connectivity index (χ0n) is 9.77. The lowest BCUT2D eigenvalue weighted by atomic mass is 10.2. The van der Waals surface area contributed by atoms with Crippen LogP contribution in [0.2, 0.25) is 0 Å². The van der Waals surface area contributed by atoms with Gasteiger partial charge >= 0.3 is 5.97 Å². The fourth-order valence-corrected chi connectivity index (χ4v) is 1.35. The number of aromatic nitrogens is 1. The van der Waals surface area contributed by atoms with Crippen LogP contribution in [0.5, 0.6) is 0 Å². The van der Waals surface area contributed by atoms with E-state index in [0.29, 0.717) is 18.7 Å². The summed E-state index contributed by atoms with van der Waals surface area (Å²) in [4.78, 5) is 25.9. The van der Waals surface area contributed by atoms with E-state index in [4.69, 9.17) is 5.11 Å². The number of carboxylic acids is 1. The lowest BCUT2D eigenvalue weighted by molar-refractivity contribution is -0.137. The van der Waals surface area contributed by atoms with Crippen LogP contribution in [-0.2, 0) is 11.2 Å². The zero-order valence-corrected chi connectivity index (χ0v) is 9.77. The Balaban J connectivity index is 2.43. The molecule has 0 fully saturated rings. The van der Waals surface area contributed by atoms with Gasteiger partial charge in [-0.3, -0.25) is 14.6 Å². The Hall–Kier alpha value is -1.91. The number of pyridine rings is 1. The molecular formula is C12H16N2O3. The van der Waals surface area contributed by atoms with Gasteiger partial charge in [-0.05, 0) is 30.5 Å². The molecule has 0 spiro atoms. The predicted molar refractivity (Wildman–Crippen MR) is 62.8 cm³/mol. The van der Waals surface area contributed by atoms with Crippen LogP contribution in [0, 0.1) is 0 Å². The van der Waals surface area contributed by atoms with E-state index in [1.165, 1.54) is 0 Å². The molecule has 0 radical (unpaired) electrons. The molecule has 0 aliphatic carbocycles. The molecule has 0 aliphatic rings. The van der Waals surface area contributed by atoms with E-state index in [-0.39, 0.29) is 12.3 Å². The fraction of sp³-hybridized carbons (Fsp3) is 0.417. The summed E-state index contributed by atoms with van der Waals surface area (Å²) in [6.07, 6.45) is 2.93. The molecule has 17 heavy (non-hydrogen) atoms. The number of hydrogen-bond donors (Lipinski definition) is 2. The van der Waals surface area contributed by atoms with Crippen molar-refractivity contribution in [3.8, 4) is 0 Å². The molecule has 1 aromatic rings. The van der Waals surface area contributed by atoms with Gasteiger partial charge in [0, 0.05) is 19.2 Å². The van der Waals surface area contributed by atoms with Crippen LogP contribution >= 0.6 is 0 Å². The molecule has 1 heterocycles. The first-order valence-corrected chi connectivity index (χ1v) is 5.58. The number of rotatable bonds is 6. The molecule has 0 aliphatic heterocycles. The molecule has 1 amide bonds. The molecule has 2 N–H and O–H groups in total. The van der Waals surface area contributed by atoms with Crippen molar-refractivity contribution >= 4 is 11.9 Å². The van der Waals surface area contributed by atoms with Gasteiger partial charge in [0.1, 0.15) is 5.69 Å². The van der Waals surface area contributed by atoms with Crippen LogP contribution in [0.15, 0.2) is 18.3 Å². The van der Waals surface area contributed by atoms with E-state index < -0.39 is 5.97 Å². The highest BCUT2D eigenvalue weighted by molar-refractivity contribution is 5.92. The molecular weight excluding hydrogens is 220 g/mol. The monoisotopic (exact) mass is 236 g/mol. The van der Waals surface area contributed by atoms with Gasteiger partial charge in [0.25, 0.3) is 5.91 Å². The Morgan fingerprint density at radius 2 is 2.24 bits per heavy atom. The minimum atomic E-state index is -0.856. The summed E-state index contributed by atoms with van der Waals surface area (Å²) >= 11 is 0. The molecule has 0 bridgehead atoms. The van der Waals surface area contributed by atoms with Crippen molar-refractivity contribution in [3.63, 3.8) is 0 Å².